The molecule has 3 aromatic heterocycles. The molecule has 0 aliphatic heterocycles. The van der Waals surface area contributed by atoms with Crippen LogP contribution in [0.5, 0.6) is 0 Å². The fourth-order valence-corrected chi connectivity index (χ4v) is 4.56. The number of benzene rings is 1. The smallest absolute Gasteiger partial charge is 0.351 e. The van der Waals surface area contributed by atoms with Crippen LogP contribution in [0, 0.1) is 25.5 Å². The third kappa shape index (κ3) is 4.11. The first-order chi connectivity index (χ1) is 15.2. The summed E-state index contributed by atoms with van der Waals surface area (Å²) < 4.78 is 34.1. The van der Waals surface area contributed by atoms with Crippen LogP contribution in [0.4, 0.5) is 14.5 Å². The van der Waals surface area contributed by atoms with Crippen LogP contribution in [0.1, 0.15) is 27.9 Å². The van der Waals surface area contributed by atoms with Gasteiger partial charge in [-0.1, -0.05) is 0 Å². The van der Waals surface area contributed by atoms with E-state index in [1.54, 1.807) is 4.57 Å². The number of hydrogen-bond acceptors (Lipinski definition) is 5. The number of anilines is 1. The zero-order chi connectivity index (χ0) is 23.0. The molecule has 0 saturated heterocycles. The van der Waals surface area contributed by atoms with Gasteiger partial charge in [0.1, 0.15) is 21.3 Å². The number of hydrogen-bond donors (Lipinski definition) is 1. The molecule has 1 unspecified atom stereocenters. The molecule has 6 nitrogen and oxygen atoms in total. The monoisotopic (exact) mass is 455 g/mol. The van der Waals surface area contributed by atoms with E-state index >= 15 is 0 Å². The van der Waals surface area contributed by atoms with Gasteiger partial charge in [-0.3, -0.25) is 4.79 Å². The molecule has 0 aliphatic carbocycles. The lowest BCUT2D eigenvalue weighted by Crippen LogP contribution is -2.30. The topological polar surface area (TPSA) is 73.2 Å². The third-order valence-corrected chi connectivity index (χ3v) is 5.91. The van der Waals surface area contributed by atoms with Crippen molar-refractivity contribution in [3.05, 3.63) is 76.6 Å². The largest absolute Gasteiger partial charge is 0.448 e. The van der Waals surface area contributed by atoms with Gasteiger partial charge in [0, 0.05) is 29.5 Å². The summed E-state index contributed by atoms with van der Waals surface area (Å²) in [6.07, 6.45) is 2.40. The van der Waals surface area contributed by atoms with E-state index in [0.717, 1.165) is 28.8 Å². The van der Waals surface area contributed by atoms with Crippen LogP contribution in [0.25, 0.3) is 15.9 Å². The fraction of sp³-hybridized carbons (Fsp3) is 0.174. The number of thiophene rings is 1. The van der Waals surface area contributed by atoms with Crippen LogP contribution in [-0.4, -0.2) is 27.5 Å². The van der Waals surface area contributed by atoms with E-state index in [1.165, 1.54) is 18.3 Å². The third-order valence-electron chi connectivity index (χ3n) is 4.85. The molecule has 1 N–H and O–H groups in total. The highest BCUT2D eigenvalue weighted by atomic mass is 32.1. The number of amides is 1. The quantitative estimate of drug-likeness (QED) is 0.422. The average molecular weight is 455 g/mol. The van der Waals surface area contributed by atoms with Gasteiger partial charge in [0.05, 0.1) is 11.4 Å². The predicted octanol–water partition coefficient (Wildman–Crippen LogP) is 5.17. The van der Waals surface area contributed by atoms with Crippen molar-refractivity contribution < 1.29 is 23.1 Å². The summed E-state index contributed by atoms with van der Waals surface area (Å²) in [4.78, 5) is 31.0. The van der Waals surface area contributed by atoms with Crippen molar-refractivity contribution in [3.8, 4) is 5.69 Å². The zero-order valence-electron chi connectivity index (χ0n) is 17.5. The summed E-state index contributed by atoms with van der Waals surface area (Å²) in [6, 6.07) is 8.39. The molecule has 0 saturated carbocycles. The van der Waals surface area contributed by atoms with Crippen molar-refractivity contribution in [3.63, 3.8) is 0 Å². The van der Waals surface area contributed by atoms with Crippen molar-refractivity contribution >= 4 is 39.1 Å². The number of nitrogens with zero attached hydrogens (tertiary/aromatic N) is 2. The van der Waals surface area contributed by atoms with Gasteiger partial charge in [-0.2, -0.15) is 0 Å². The van der Waals surface area contributed by atoms with E-state index in [0.29, 0.717) is 21.5 Å². The molecule has 4 aromatic rings. The number of fused-ring (bicyclic) bond motifs is 1. The van der Waals surface area contributed by atoms with Crippen molar-refractivity contribution in [2.24, 2.45) is 0 Å². The number of esters is 1. The maximum atomic E-state index is 13.8. The van der Waals surface area contributed by atoms with Gasteiger partial charge in [0.2, 0.25) is 0 Å². The molecule has 1 aromatic carbocycles. The summed E-state index contributed by atoms with van der Waals surface area (Å²) in [5.41, 5.74) is 2.21. The molecule has 9 heteroatoms. The van der Waals surface area contributed by atoms with E-state index in [9.17, 15) is 18.4 Å². The van der Waals surface area contributed by atoms with Crippen LogP contribution in [-0.2, 0) is 9.53 Å². The van der Waals surface area contributed by atoms with Gasteiger partial charge in [-0.15, -0.1) is 11.3 Å². The van der Waals surface area contributed by atoms with Crippen LogP contribution >= 0.6 is 11.3 Å². The number of rotatable bonds is 5. The lowest BCUT2D eigenvalue weighted by atomic mass is 10.1. The molecular weight excluding hydrogens is 436 g/mol. The second kappa shape index (κ2) is 8.51. The first kappa shape index (κ1) is 21.6. The molecule has 0 fully saturated rings. The molecule has 164 valence electrons. The molecule has 0 spiro atoms. The molecule has 1 amide bonds. The lowest BCUT2D eigenvalue weighted by Gasteiger charge is -2.14. The Hall–Kier alpha value is -3.59. The van der Waals surface area contributed by atoms with Gasteiger partial charge in [-0.25, -0.2) is 18.6 Å². The number of carbonyl (C=O) groups excluding carboxylic acids is 2. The lowest BCUT2D eigenvalue weighted by molar-refractivity contribution is -0.123. The highest BCUT2D eigenvalue weighted by Crippen LogP contribution is 2.36. The van der Waals surface area contributed by atoms with E-state index in [1.807, 2.05) is 44.4 Å². The normalized spacial score (nSPS) is 12.0. The Bertz CT molecular complexity index is 1330. The van der Waals surface area contributed by atoms with Crippen molar-refractivity contribution in [2.45, 2.75) is 26.9 Å². The molecule has 4 rings (SSSR count). The van der Waals surface area contributed by atoms with E-state index in [4.69, 9.17) is 4.74 Å². The summed E-state index contributed by atoms with van der Waals surface area (Å²) in [5, 5.41) is 3.14. The van der Waals surface area contributed by atoms with Gasteiger partial charge in [-0.05, 0) is 56.7 Å². The second-order valence-electron chi connectivity index (χ2n) is 7.29. The Morgan fingerprint density at radius 2 is 1.88 bits per heavy atom. The van der Waals surface area contributed by atoms with Gasteiger partial charge in [0.15, 0.2) is 6.10 Å². The number of aromatic nitrogens is 2. The van der Waals surface area contributed by atoms with Crippen molar-refractivity contribution in [2.75, 3.05) is 5.32 Å². The Labute approximate surface area is 186 Å². The van der Waals surface area contributed by atoms with Gasteiger partial charge in [0.25, 0.3) is 5.91 Å². The number of pyridine rings is 1. The number of carbonyl (C=O) groups is 2. The standard InChI is InChI=1S/C23H19F2N3O3S/c1-12-10-13(2)26-22-18(12)19(28-8-4-5-9-28)20(32-22)23(30)31-14(3)21(29)27-17-7-6-15(24)11-16(17)25/h4-11,14H,1-3H3,(H,27,29). The molecule has 1 atom stereocenters. The average Bonchev–Trinajstić information content (AvgIpc) is 3.37. The minimum Gasteiger partial charge on any atom is -0.448 e. The summed E-state index contributed by atoms with van der Waals surface area (Å²) in [7, 11) is 0. The minimum absolute atomic E-state index is 0.204. The molecule has 3 heterocycles. The first-order valence-electron chi connectivity index (χ1n) is 9.75. The zero-order valence-corrected chi connectivity index (χ0v) is 18.3. The number of nitrogens with one attached hydrogen (secondary N) is 1. The maximum Gasteiger partial charge on any atom is 0.351 e. The highest BCUT2D eigenvalue weighted by Gasteiger charge is 2.27. The predicted molar refractivity (Wildman–Crippen MR) is 118 cm³/mol. The van der Waals surface area contributed by atoms with Crippen LogP contribution in [0.3, 0.4) is 0 Å². The summed E-state index contributed by atoms with van der Waals surface area (Å²) in [5.74, 6) is -3.12. The second-order valence-corrected chi connectivity index (χ2v) is 8.29. The highest BCUT2D eigenvalue weighted by molar-refractivity contribution is 7.21. The minimum atomic E-state index is -1.22. The van der Waals surface area contributed by atoms with Gasteiger partial charge >= 0.3 is 5.97 Å². The first-order valence-corrected chi connectivity index (χ1v) is 10.6. The molecule has 0 bridgehead atoms. The van der Waals surface area contributed by atoms with Crippen LogP contribution < -0.4 is 5.32 Å². The summed E-state index contributed by atoms with van der Waals surface area (Å²) in [6.45, 7) is 5.20. The van der Waals surface area contributed by atoms with Crippen LogP contribution in [0.2, 0.25) is 0 Å². The Kier molecular flexibility index (Phi) is 5.75. The Morgan fingerprint density at radius 1 is 1.16 bits per heavy atom. The van der Waals surface area contributed by atoms with E-state index < -0.39 is 29.6 Å². The van der Waals surface area contributed by atoms with E-state index in [-0.39, 0.29) is 5.69 Å². The number of aryl methyl sites for hydroxylation is 2. The Morgan fingerprint density at radius 3 is 2.56 bits per heavy atom. The van der Waals surface area contributed by atoms with E-state index in [2.05, 4.69) is 10.3 Å². The SMILES string of the molecule is Cc1cc(C)c2c(-n3cccc3)c(C(=O)OC(C)C(=O)Nc3ccc(F)cc3F)sc2n1. The molecule has 32 heavy (non-hydrogen) atoms. The Balaban J connectivity index is 1.63. The number of ether oxygens (including phenoxy) is 1. The maximum absolute atomic E-state index is 13.8. The molecule has 0 aliphatic rings. The van der Waals surface area contributed by atoms with Crippen LogP contribution in [0.15, 0.2) is 48.8 Å². The number of halogens is 2. The summed E-state index contributed by atoms with van der Waals surface area (Å²) >= 11 is 1.18. The van der Waals surface area contributed by atoms with Gasteiger partial charge < -0.3 is 14.6 Å². The van der Waals surface area contributed by atoms with Crippen molar-refractivity contribution in [1.29, 1.82) is 0 Å². The fourth-order valence-electron chi connectivity index (χ4n) is 3.38. The van der Waals surface area contributed by atoms with Crippen molar-refractivity contribution in [1.82, 2.24) is 9.55 Å². The molecule has 0 radical (unpaired) electrons. The molecular formula is C23H19F2N3O3S.